The van der Waals surface area contributed by atoms with Crippen molar-refractivity contribution in [3.8, 4) is 0 Å². The van der Waals surface area contributed by atoms with Gasteiger partial charge >= 0.3 is 0 Å². The van der Waals surface area contributed by atoms with Crippen LogP contribution in [0.5, 0.6) is 0 Å². The third-order valence-corrected chi connectivity index (χ3v) is 4.37. The molecule has 7 heteroatoms. The fourth-order valence-corrected chi connectivity index (χ4v) is 3.15. The summed E-state index contributed by atoms with van der Waals surface area (Å²) in [7, 11) is 1.64. The van der Waals surface area contributed by atoms with Gasteiger partial charge in [0.25, 0.3) is 5.91 Å². The summed E-state index contributed by atoms with van der Waals surface area (Å²) in [6.07, 6.45) is -0.107. The lowest BCUT2D eigenvalue weighted by Gasteiger charge is -2.27. The van der Waals surface area contributed by atoms with Crippen molar-refractivity contribution in [2.75, 3.05) is 20.3 Å². The molecule has 1 unspecified atom stereocenters. The van der Waals surface area contributed by atoms with Gasteiger partial charge in [-0.2, -0.15) is 4.98 Å². The van der Waals surface area contributed by atoms with Gasteiger partial charge in [0.15, 0.2) is 11.9 Å². The Labute approximate surface area is 146 Å². The van der Waals surface area contributed by atoms with Crippen molar-refractivity contribution < 1.29 is 18.8 Å². The lowest BCUT2D eigenvalue weighted by atomic mass is 10.1. The number of hydrogen-bond donors (Lipinski definition) is 0. The van der Waals surface area contributed by atoms with Gasteiger partial charge in [-0.15, -0.1) is 0 Å². The van der Waals surface area contributed by atoms with Crippen LogP contribution in [0, 0.1) is 6.92 Å². The van der Waals surface area contributed by atoms with Crippen LogP contribution in [0.25, 0.3) is 0 Å². The fourth-order valence-electron chi connectivity index (χ4n) is 3.15. The monoisotopic (exact) mass is 345 g/mol. The summed E-state index contributed by atoms with van der Waals surface area (Å²) in [5.41, 5.74) is 0.829. The van der Waals surface area contributed by atoms with E-state index < -0.39 is 6.10 Å². The Balaban J connectivity index is 1.88. The molecule has 25 heavy (non-hydrogen) atoms. The van der Waals surface area contributed by atoms with E-state index in [1.54, 1.807) is 18.9 Å². The topological polar surface area (TPSA) is 77.7 Å². The molecule has 1 aromatic heterocycles. The number of benzene rings is 1. The van der Waals surface area contributed by atoms with Gasteiger partial charge in [-0.3, -0.25) is 4.79 Å². The van der Waals surface area contributed by atoms with E-state index in [2.05, 4.69) is 10.1 Å². The highest BCUT2D eigenvalue weighted by Gasteiger charge is 2.42. The van der Waals surface area contributed by atoms with E-state index in [-0.39, 0.29) is 18.1 Å². The Hall–Kier alpha value is -2.25. The highest BCUT2D eigenvalue weighted by atomic mass is 16.5. The number of methoxy groups -OCH3 is 1. The second-order valence-corrected chi connectivity index (χ2v) is 6.03. The van der Waals surface area contributed by atoms with Crippen molar-refractivity contribution >= 4 is 5.91 Å². The Bertz CT molecular complexity index is 703. The van der Waals surface area contributed by atoms with Gasteiger partial charge in [0.2, 0.25) is 5.89 Å². The van der Waals surface area contributed by atoms with Crippen molar-refractivity contribution in [1.82, 2.24) is 15.0 Å². The molecule has 0 N–H and O–H groups in total. The number of carbonyl (C=O) groups excluding carboxylic acids is 1. The SMILES string of the molecule is CCOC(C(=O)N1C[C@H](OC)C[C@@H]1c1nc(C)no1)c1ccccc1. The Morgan fingerprint density at radius 3 is 2.76 bits per heavy atom. The molecular weight excluding hydrogens is 322 g/mol. The number of ether oxygens (including phenoxy) is 2. The molecule has 0 radical (unpaired) electrons. The molecule has 1 fully saturated rings. The van der Waals surface area contributed by atoms with E-state index in [1.807, 2.05) is 37.3 Å². The maximum Gasteiger partial charge on any atom is 0.257 e. The number of nitrogens with zero attached hydrogens (tertiary/aromatic N) is 3. The largest absolute Gasteiger partial charge is 0.380 e. The number of hydrogen-bond acceptors (Lipinski definition) is 6. The quantitative estimate of drug-likeness (QED) is 0.800. The molecule has 2 heterocycles. The third-order valence-electron chi connectivity index (χ3n) is 4.37. The summed E-state index contributed by atoms with van der Waals surface area (Å²) in [6, 6.07) is 9.20. The highest BCUT2D eigenvalue weighted by molar-refractivity contribution is 5.83. The number of rotatable bonds is 6. The molecule has 3 atom stereocenters. The molecule has 3 rings (SSSR count). The number of likely N-dealkylation sites (tertiary alicyclic amines) is 1. The van der Waals surface area contributed by atoms with Crippen LogP contribution in [0.2, 0.25) is 0 Å². The number of aromatic nitrogens is 2. The minimum absolute atomic E-state index is 0.0702. The van der Waals surface area contributed by atoms with Crippen LogP contribution in [-0.2, 0) is 14.3 Å². The maximum atomic E-state index is 13.2. The van der Waals surface area contributed by atoms with Crippen molar-refractivity contribution in [3.05, 3.63) is 47.6 Å². The zero-order chi connectivity index (χ0) is 17.8. The van der Waals surface area contributed by atoms with Crippen molar-refractivity contribution in [2.45, 2.75) is 38.5 Å². The van der Waals surface area contributed by atoms with E-state index in [0.717, 1.165) is 5.56 Å². The van der Waals surface area contributed by atoms with Crippen LogP contribution >= 0.6 is 0 Å². The van der Waals surface area contributed by atoms with Gasteiger partial charge in [-0.25, -0.2) is 0 Å². The fraction of sp³-hybridized carbons (Fsp3) is 0.500. The van der Waals surface area contributed by atoms with Crippen LogP contribution in [0.1, 0.15) is 42.8 Å². The number of aryl methyl sites for hydroxylation is 1. The van der Waals surface area contributed by atoms with Crippen LogP contribution in [0.4, 0.5) is 0 Å². The summed E-state index contributed by atoms with van der Waals surface area (Å²) in [5.74, 6) is 0.870. The minimum atomic E-state index is -0.659. The first-order chi connectivity index (χ1) is 12.1. The first kappa shape index (κ1) is 17.6. The smallest absolute Gasteiger partial charge is 0.257 e. The highest BCUT2D eigenvalue weighted by Crippen LogP contribution is 2.35. The first-order valence-corrected chi connectivity index (χ1v) is 8.44. The zero-order valence-electron chi connectivity index (χ0n) is 14.7. The van der Waals surface area contributed by atoms with Crippen LogP contribution in [-0.4, -0.2) is 47.3 Å². The molecule has 0 spiro atoms. The predicted molar refractivity (Wildman–Crippen MR) is 89.7 cm³/mol. The van der Waals surface area contributed by atoms with E-state index in [9.17, 15) is 4.79 Å². The van der Waals surface area contributed by atoms with Gasteiger partial charge in [-0.05, 0) is 19.4 Å². The van der Waals surface area contributed by atoms with Gasteiger partial charge in [0.05, 0.1) is 6.10 Å². The second-order valence-electron chi connectivity index (χ2n) is 6.03. The Kier molecular flexibility index (Phi) is 5.45. The zero-order valence-corrected chi connectivity index (χ0v) is 14.7. The molecule has 1 amide bonds. The molecule has 1 aliphatic rings. The number of carbonyl (C=O) groups is 1. The molecule has 0 bridgehead atoms. The van der Waals surface area contributed by atoms with E-state index in [0.29, 0.717) is 31.3 Å². The molecule has 2 aromatic rings. The van der Waals surface area contributed by atoms with Crippen LogP contribution < -0.4 is 0 Å². The summed E-state index contributed by atoms with van der Waals surface area (Å²) in [4.78, 5) is 19.3. The van der Waals surface area contributed by atoms with E-state index in [1.165, 1.54) is 0 Å². The molecular formula is C18H23N3O4. The Morgan fingerprint density at radius 1 is 1.40 bits per heavy atom. The van der Waals surface area contributed by atoms with Crippen molar-refractivity contribution in [3.63, 3.8) is 0 Å². The summed E-state index contributed by atoms with van der Waals surface area (Å²) in [5, 5.41) is 3.85. The number of amides is 1. The molecule has 1 aromatic carbocycles. The average molecular weight is 345 g/mol. The van der Waals surface area contributed by atoms with Gasteiger partial charge in [0, 0.05) is 26.7 Å². The molecule has 0 saturated carbocycles. The van der Waals surface area contributed by atoms with Crippen molar-refractivity contribution in [1.29, 1.82) is 0 Å². The second kappa shape index (κ2) is 7.76. The summed E-state index contributed by atoms with van der Waals surface area (Å²) >= 11 is 0. The Morgan fingerprint density at radius 2 is 2.16 bits per heavy atom. The van der Waals surface area contributed by atoms with Gasteiger partial charge in [0.1, 0.15) is 6.04 Å². The average Bonchev–Trinajstić information content (AvgIpc) is 3.25. The minimum Gasteiger partial charge on any atom is -0.380 e. The maximum absolute atomic E-state index is 13.2. The lowest BCUT2D eigenvalue weighted by Crippen LogP contribution is -2.37. The summed E-state index contributed by atoms with van der Waals surface area (Å²) < 4.78 is 16.5. The molecule has 134 valence electrons. The summed E-state index contributed by atoms with van der Waals surface area (Å²) in [6.45, 7) is 4.55. The van der Waals surface area contributed by atoms with E-state index >= 15 is 0 Å². The van der Waals surface area contributed by atoms with Gasteiger partial charge < -0.3 is 18.9 Å². The standard InChI is InChI=1S/C18H23N3O4/c1-4-24-16(13-8-6-5-7-9-13)18(22)21-11-14(23-3)10-15(21)17-19-12(2)20-25-17/h5-9,14-16H,4,10-11H2,1-3H3/t14-,15-,16?/m1/s1. The molecule has 1 aliphatic heterocycles. The first-order valence-electron chi connectivity index (χ1n) is 8.44. The van der Waals surface area contributed by atoms with Gasteiger partial charge in [-0.1, -0.05) is 35.5 Å². The normalized spacial score (nSPS) is 21.5. The predicted octanol–water partition coefficient (Wildman–Crippen LogP) is 2.44. The van der Waals surface area contributed by atoms with Crippen molar-refractivity contribution in [2.24, 2.45) is 0 Å². The lowest BCUT2D eigenvalue weighted by molar-refractivity contribution is -0.145. The van der Waals surface area contributed by atoms with E-state index in [4.69, 9.17) is 14.0 Å². The molecule has 7 nitrogen and oxygen atoms in total. The third kappa shape index (κ3) is 3.72. The molecule has 1 saturated heterocycles. The van der Waals surface area contributed by atoms with Crippen LogP contribution in [0.15, 0.2) is 34.9 Å². The van der Waals surface area contributed by atoms with Crippen LogP contribution in [0.3, 0.4) is 0 Å². The molecule has 0 aliphatic carbocycles.